The molecule has 0 unspecified atom stereocenters. The summed E-state index contributed by atoms with van der Waals surface area (Å²) in [6.45, 7) is 4.44. The molecule has 2 N–H and O–H groups in total. The predicted molar refractivity (Wildman–Crippen MR) is 89.2 cm³/mol. The summed E-state index contributed by atoms with van der Waals surface area (Å²) in [5.41, 5.74) is 8.82. The van der Waals surface area contributed by atoms with E-state index in [0.717, 1.165) is 13.1 Å². The molecule has 2 aromatic rings. The molecule has 0 radical (unpaired) electrons. The molecule has 3 nitrogen and oxygen atoms in total. The first-order chi connectivity index (χ1) is 10.2. The van der Waals surface area contributed by atoms with Crippen LogP contribution in [-0.4, -0.2) is 28.1 Å². The van der Waals surface area contributed by atoms with E-state index in [0.29, 0.717) is 12.1 Å². The van der Waals surface area contributed by atoms with Gasteiger partial charge in [-0.3, -0.25) is 4.90 Å². The van der Waals surface area contributed by atoms with Crippen molar-refractivity contribution in [3.05, 3.63) is 36.0 Å². The van der Waals surface area contributed by atoms with Crippen molar-refractivity contribution in [3.63, 3.8) is 0 Å². The molecular weight excluding hydrogens is 258 g/mol. The van der Waals surface area contributed by atoms with Gasteiger partial charge in [-0.1, -0.05) is 25.1 Å². The second-order valence-electron chi connectivity index (χ2n) is 6.41. The van der Waals surface area contributed by atoms with E-state index in [9.17, 15) is 0 Å². The smallest absolute Gasteiger partial charge is 0.0481 e. The van der Waals surface area contributed by atoms with Crippen LogP contribution in [0, 0.1) is 0 Å². The molecule has 114 valence electrons. The third-order valence-corrected chi connectivity index (χ3v) is 5.02. The molecule has 21 heavy (non-hydrogen) atoms. The number of nitrogens with zero attached hydrogens (tertiary/aromatic N) is 2. The van der Waals surface area contributed by atoms with Crippen molar-refractivity contribution in [1.82, 2.24) is 9.47 Å². The van der Waals surface area contributed by atoms with Gasteiger partial charge in [0.25, 0.3) is 0 Å². The topological polar surface area (TPSA) is 34.2 Å². The molecule has 1 aliphatic rings. The second-order valence-corrected chi connectivity index (χ2v) is 6.41. The van der Waals surface area contributed by atoms with Crippen molar-refractivity contribution in [1.29, 1.82) is 0 Å². The van der Waals surface area contributed by atoms with Crippen LogP contribution in [0.15, 0.2) is 30.5 Å². The number of hydrogen-bond acceptors (Lipinski definition) is 2. The van der Waals surface area contributed by atoms with Crippen molar-refractivity contribution in [2.45, 2.75) is 51.2 Å². The van der Waals surface area contributed by atoms with Crippen LogP contribution in [0.2, 0.25) is 0 Å². The van der Waals surface area contributed by atoms with Crippen molar-refractivity contribution < 1.29 is 0 Å². The van der Waals surface area contributed by atoms with Crippen LogP contribution in [-0.2, 0) is 13.6 Å². The quantitative estimate of drug-likeness (QED) is 0.935. The van der Waals surface area contributed by atoms with Crippen LogP contribution >= 0.6 is 0 Å². The number of aromatic nitrogens is 1. The Kier molecular flexibility index (Phi) is 4.32. The number of aryl methyl sites for hydroxylation is 1. The van der Waals surface area contributed by atoms with Gasteiger partial charge in [-0.25, -0.2) is 0 Å². The molecule has 0 saturated heterocycles. The Hall–Kier alpha value is -1.32. The van der Waals surface area contributed by atoms with Gasteiger partial charge in [0.05, 0.1) is 0 Å². The molecule has 0 amide bonds. The Balaban J connectivity index is 1.79. The van der Waals surface area contributed by atoms with Gasteiger partial charge >= 0.3 is 0 Å². The lowest BCUT2D eigenvalue weighted by atomic mass is 9.90. The van der Waals surface area contributed by atoms with Crippen LogP contribution in [0.25, 0.3) is 10.9 Å². The Labute approximate surface area is 127 Å². The normalized spacial score (nSPS) is 23.0. The minimum absolute atomic E-state index is 0.428. The molecule has 0 bridgehead atoms. The number of hydrogen-bond donors (Lipinski definition) is 1. The molecule has 1 saturated carbocycles. The summed E-state index contributed by atoms with van der Waals surface area (Å²) in [5, 5.41) is 1.39. The van der Waals surface area contributed by atoms with Gasteiger partial charge in [0.1, 0.15) is 0 Å². The fraction of sp³-hybridized carbons (Fsp3) is 0.556. The maximum absolute atomic E-state index is 6.05. The molecule has 1 aromatic heterocycles. The largest absolute Gasteiger partial charge is 0.350 e. The van der Waals surface area contributed by atoms with Gasteiger partial charge in [0.2, 0.25) is 0 Å². The second kappa shape index (κ2) is 6.20. The van der Waals surface area contributed by atoms with E-state index in [-0.39, 0.29) is 0 Å². The fourth-order valence-electron chi connectivity index (χ4n) is 3.74. The lowest BCUT2D eigenvalue weighted by Crippen LogP contribution is -2.40. The Morgan fingerprint density at radius 2 is 1.90 bits per heavy atom. The van der Waals surface area contributed by atoms with Crippen LogP contribution < -0.4 is 5.73 Å². The Morgan fingerprint density at radius 1 is 1.19 bits per heavy atom. The molecule has 3 heteroatoms. The molecule has 1 aromatic carbocycles. The SMILES string of the molecule is CCN(Cc1cn(C)c2ccccc12)C1CCC(N)CC1. The average Bonchev–Trinajstić information content (AvgIpc) is 2.83. The number of benzene rings is 1. The highest BCUT2D eigenvalue weighted by atomic mass is 15.2. The van der Waals surface area contributed by atoms with Gasteiger partial charge in [0, 0.05) is 42.8 Å². The highest BCUT2D eigenvalue weighted by Gasteiger charge is 2.24. The third-order valence-electron chi connectivity index (χ3n) is 5.02. The highest BCUT2D eigenvalue weighted by Crippen LogP contribution is 2.26. The zero-order chi connectivity index (χ0) is 14.8. The van der Waals surface area contributed by atoms with Crippen molar-refractivity contribution in [2.24, 2.45) is 12.8 Å². The third kappa shape index (κ3) is 2.99. The maximum Gasteiger partial charge on any atom is 0.0481 e. The number of nitrogens with two attached hydrogens (primary N) is 1. The number of para-hydroxylation sites is 1. The molecule has 1 heterocycles. The first-order valence-electron chi connectivity index (χ1n) is 8.21. The zero-order valence-corrected chi connectivity index (χ0v) is 13.3. The van der Waals surface area contributed by atoms with E-state index in [1.54, 1.807) is 0 Å². The van der Waals surface area contributed by atoms with E-state index in [1.807, 2.05) is 0 Å². The van der Waals surface area contributed by atoms with Gasteiger partial charge in [-0.2, -0.15) is 0 Å². The highest BCUT2D eigenvalue weighted by molar-refractivity contribution is 5.83. The van der Waals surface area contributed by atoms with E-state index >= 15 is 0 Å². The van der Waals surface area contributed by atoms with Crippen molar-refractivity contribution in [3.8, 4) is 0 Å². The van der Waals surface area contributed by atoms with Crippen molar-refractivity contribution >= 4 is 10.9 Å². The summed E-state index contributed by atoms with van der Waals surface area (Å²) in [4.78, 5) is 2.63. The Morgan fingerprint density at radius 3 is 2.62 bits per heavy atom. The monoisotopic (exact) mass is 285 g/mol. The summed E-state index contributed by atoms with van der Waals surface area (Å²) in [6.07, 6.45) is 7.15. The first-order valence-corrected chi connectivity index (χ1v) is 8.21. The molecule has 0 aliphatic heterocycles. The molecule has 0 atom stereocenters. The molecule has 1 fully saturated rings. The molecule has 3 rings (SSSR count). The average molecular weight is 285 g/mol. The Bertz CT molecular complexity index is 594. The minimum Gasteiger partial charge on any atom is -0.350 e. The summed E-state index contributed by atoms with van der Waals surface area (Å²) in [5.74, 6) is 0. The predicted octanol–water partition coefficient (Wildman–Crippen LogP) is 3.27. The molecular formula is C18H27N3. The summed E-state index contributed by atoms with van der Waals surface area (Å²) in [7, 11) is 2.14. The van der Waals surface area contributed by atoms with E-state index in [1.165, 1.54) is 42.1 Å². The van der Waals surface area contributed by atoms with Gasteiger partial charge in [0.15, 0.2) is 0 Å². The van der Waals surface area contributed by atoms with Crippen LogP contribution in [0.5, 0.6) is 0 Å². The fourth-order valence-corrected chi connectivity index (χ4v) is 3.74. The van der Waals surface area contributed by atoms with E-state index in [4.69, 9.17) is 5.73 Å². The molecule has 0 spiro atoms. The molecule has 1 aliphatic carbocycles. The first kappa shape index (κ1) is 14.6. The van der Waals surface area contributed by atoms with Gasteiger partial charge < -0.3 is 10.3 Å². The van der Waals surface area contributed by atoms with Crippen LogP contribution in [0.4, 0.5) is 0 Å². The van der Waals surface area contributed by atoms with Gasteiger partial charge in [-0.05, 0) is 43.9 Å². The standard InChI is InChI=1S/C18H27N3/c1-3-21(16-10-8-15(19)9-11-16)13-14-12-20(2)18-7-5-4-6-17(14)18/h4-7,12,15-16H,3,8-11,13,19H2,1-2H3. The summed E-state index contributed by atoms with van der Waals surface area (Å²) < 4.78 is 2.25. The lowest BCUT2D eigenvalue weighted by Gasteiger charge is -2.35. The maximum atomic E-state index is 6.05. The number of fused-ring (bicyclic) bond motifs is 1. The summed E-state index contributed by atoms with van der Waals surface area (Å²) in [6, 6.07) is 9.84. The van der Waals surface area contributed by atoms with Crippen molar-refractivity contribution in [2.75, 3.05) is 6.54 Å². The lowest BCUT2D eigenvalue weighted by molar-refractivity contribution is 0.150. The van der Waals surface area contributed by atoms with E-state index in [2.05, 4.69) is 53.9 Å². The van der Waals surface area contributed by atoms with E-state index < -0.39 is 0 Å². The van der Waals surface area contributed by atoms with Crippen LogP contribution in [0.3, 0.4) is 0 Å². The zero-order valence-electron chi connectivity index (χ0n) is 13.3. The van der Waals surface area contributed by atoms with Crippen LogP contribution in [0.1, 0.15) is 38.2 Å². The van der Waals surface area contributed by atoms with Gasteiger partial charge in [-0.15, -0.1) is 0 Å². The number of rotatable bonds is 4. The summed E-state index contributed by atoms with van der Waals surface area (Å²) >= 11 is 0. The minimum atomic E-state index is 0.428.